The number of amides is 1. The zero-order chi connectivity index (χ0) is 15.2. The number of pyridine rings is 1. The molecule has 1 fully saturated rings. The van der Waals surface area contributed by atoms with Crippen LogP contribution in [-0.4, -0.2) is 37.2 Å². The van der Waals surface area contributed by atoms with E-state index in [0.29, 0.717) is 12.1 Å². The Labute approximate surface area is 129 Å². The van der Waals surface area contributed by atoms with Crippen LogP contribution in [0.2, 0.25) is 0 Å². The molecule has 0 unspecified atom stereocenters. The molecular weight excluding hydrogens is 278 g/mol. The van der Waals surface area contributed by atoms with Crippen LogP contribution in [0.15, 0.2) is 48.8 Å². The van der Waals surface area contributed by atoms with Crippen LogP contribution >= 0.6 is 0 Å². The second-order valence-corrected chi connectivity index (χ2v) is 5.18. The lowest BCUT2D eigenvalue weighted by Crippen LogP contribution is -2.36. The molecule has 3 rings (SSSR count). The second-order valence-electron chi connectivity index (χ2n) is 5.18. The van der Waals surface area contributed by atoms with Crippen LogP contribution in [-0.2, 0) is 11.3 Å². The van der Waals surface area contributed by atoms with Crippen LogP contribution in [0.5, 0.6) is 0 Å². The number of ether oxygens (including phenoxy) is 1. The summed E-state index contributed by atoms with van der Waals surface area (Å²) in [5, 5.41) is 2.91. The number of rotatable bonds is 4. The summed E-state index contributed by atoms with van der Waals surface area (Å²) in [7, 11) is 0. The van der Waals surface area contributed by atoms with Gasteiger partial charge < -0.3 is 15.0 Å². The molecule has 2 heterocycles. The van der Waals surface area contributed by atoms with Gasteiger partial charge in [-0.1, -0.05) is 0 Å². The number of carbonyl (C=O) groups excluding carboxylic acids is 1. The molecule has 1 aliphatic rings. The van der Waals surface area contributed by atoms with Crippen LogP contribution in [0, 0.1) is 0 Å². The molecule has 1 saturated heterocycles. The molecule has 5 nitrogen and oxygen atoms in total. The van der Waals surface area contributed by atoms with E-state index in [-0.39, 0.29) is 5.91 Å². The molecule has 22 heavy (non-hydrogen) atoms. The third-order valence-corrected chi connectivity index (χ3v) is 3.71. The van der Waals surface area contributed by atoms with E-state index in [0.717, 1.165) is 37.6 Å². The molecule has 1 aromatic carbocycles. The zero-order valence-electron chi connectivity index (χ0n) is 12.4. The second kappa shape index (κ2) is 7.04. The number of nitrogens with zero attached hydrogens (tertiary/aromatic N) is 2. The summed E-state index contributed by atoms with van der Waals surface area (Å²) >= 11 is 0. The lowest BCUT2D eigenvalue weighted by atomic mass is 10.1. The molecule has 1 N–H and O–H groups in total. The van der Waals surface area contributed by atoms with E-state index in [1.807, 2.05) is 36.4 Å². The van der Waals surface area contributed by atoms with Crippen molar-refractivity contribution in [1.29, 1.82) is 0 Å². The van der Waals surface area contributed by atoms with E-state index < -0.39 is 0 Å². The summed E-state index contributed by atoms with van der Waals surface area (Å²) in [6.07, 6.45) is 3.44. The van der Waals surface area contributed by atoms with E-state index >= 15 is 0 Å². The highest BCUT2D eigenvalue weighted by atomic mass is 16.5. The fraction of sp³-hybridized carbons (Fsp3) is 0.294. The van der Waals surface area contributed by atoms with Gasteiger partial charge in [0.05, 0.1) is 13.2 Å². The molecule has 1 amide bonds. The molecule has 0 spiro atoms. The van der Waals surface area contributed by atoms with Crippen molar-refractivity contribution in [3.8, 4) is 0 Å². The van der Waals surface area contributed by atoms with Gasteiger partial charge in [0.1, 0.15) is 0 Å². The van der Waals surface area contributed by atoms with E-state index in [2.05, 4.69) is 15.2 Å². The first kappa shape index (κ1) is 14.5. The van der Waals surface area contributed by atoms with E-state index in [1.165, 1.54) is 0 Å². The molecule has 0 atom stereocenters. The highest BCUT2D eigenvalue weighted by Gasteiger charge is 2.12. The Bertz CT molecular complexity index is 608. The largest absolute Gasteiger partial charge is 0.378 e. The Hall–Kier alpha value is -2.40. The number of hydrogen-bond acceptors (Lipinski definition) is 4. The lowest BCUT2D eigenvalue weighted by Gasteiger charge is -2.28. The van der Waals surface area contributed by atoms with E-state index in [4.69, 9.17) is 4.74 Å². The van der Waals surface area contributed by atoms with Gasteiger partial charge in [-0.15, -0.1) is 0 Å². The molecular formula is C17H19N3O2. The Balaban J connectivity index is 1.58. The maximum Gasteiger partial charge on any atom is 0.251 e. The highest BCUT2D eigenvalue weighted by Crippen LogP contribution is 2.16. The first-order valence-corrected chi connectivity index (χ1v) is 7.43. The first-order valence-electron chi connectivity index (χ1n) is 7.43. The van der Waals surface area contributed by atoms with Crippen LogP contribution in [0.25, 0.3) is 0 Å². The van der Waals surface area contributed by atoms with E-state index in [9.17, 15) is 4.79 Å². The maximum absolute atomic E-state index is 12.1. The minimum Gasteiger partial charge on any atom is -0.378 e. The first-order chi connectivity index (χ1) is 10.8. The van der Waals surface area contributed by atoms with Crippen molar-refractivity contribution < 1.29 is 9.53 Å². The fourth-order valence-corrected chi connectivity index (χ4v) is 2.43. The molecule has 1 aromatic heterocycles. The Morgan fingerprint density at radius 2 is 1.77 bits per heavy atom. The summed E-state index contributed by atoms with van der Waals surface area (Å²) in [6.45, 7) is 3.82. The van der Waals surface area contributed by atoms with Gasteiger partial charge in [0.15, 0.2) is 0 Å². The minimum atomic E-state index is -0.0645. The van der Waals surface area contributed by atoms with E-state index in [1.54, 1.807) is 12.4 Å². The average molecular weight is 297 g/mol. The predicted octanol–water partition coefficient (Wildman–Crippen LogP) is 1.85. The van der Waals surface area contributed by atoms with Crippen LogP contribution in [0.3, 0.4) is 0 Å². The molecule has 0 aliphatic carbocycles. The number of morpholine rings is 1. The van der Waals surface area contributed by atoms with Crippen molar-refractivity contribution in [2.45, 2.75) is 6.54 Å². The highest BCUT2D eigenvalue weighted by molar-refractivity contribution is 5.94. The Kier molecular flexibility index (Phi) is 4.65. The molecule has 0 radical (unpaired) electrons. The number of anilines is 1. The van der Waals surface area contributed by atoms with Gasteiger partial charge in [-0.3, -0.25) is 9.78 Å². The van der Waals surface area contributed by atoms with Crippen LogP contribution in [0.1, 0.15) is 15.9 Å². The third kappa shape index (κ3) is 3.62. The van der Waals surface area contributed by atoms with Gasteiger partial charge in [0, 0.05) is 43.3 Å². The van der Waals surface area contributed by atoms with Crippen LogP contribution < -0.4 is 10.2 Å². The summed E-state index contributed by atoms with van der Waals surface area (Å²) < 4.78 is 5.35. The fourth-order valence-electron chi connectivity index (χ4n) is 2.43. The van der Waals surface area contributed by atoms with Crippen molar-refractivity contribution in [3.63, 3.8) is 0 Å². The topological polar surface area (TPSA) is 54.5 Å². The summed E-state index contributed by atoms with van der Waals surface area (Å²) in [5.74, 6) is -0.0645. The van der Waals surface area contributed by atoms with Gasteiger partial charge in [-0.25, -0.2) is 0 Å². The van der Waals surface area contributed by atoms with Gasteiger partial charge in [-0.2, -0.15) is 0 Å². The standard InChI is InChI=1S/C17H19N3O2/c21-17(19-13-14-5-7-18-8-6-14)15-1-3-16(4-2-15)20-9-11-22-12-10-20/h1-8H,9-13H2,(H,19,21). The number of carbonyl (C=O) groups is 1. The predicted molar refractivity (Wildman–Crippen MR) is 84.9 cm³/mol. The van der Waals surface area contributed by atoms with Crippen molar-refractivity contribution in [2.24, 2.45) is 0 Å². The monoisotopic (exact) mass is 297 g/mol. The minimum absolute atomic E-state index is 0.0645. The Morgan fingerprint density at radius 1 is 1.09 bits per heavy atom. The summed E-state index contributed by atoms with van der Waals surface area (Å²) in [6, 6.07) is 11.5. The number of aromatic nitrogens is 1. The molecule has 2 aromatic rings. The van der Waals surface area contributed by atoms with Crippen molar-refractivity contribution in [2.75, 3.05) is 31.2 Å². The molecule has 0 saturated carbocycles. The number of nitrogens with one attached hydrogen (secondary N) is 1. The maximum atomic E-state index is 12.1. The normalized spacial score (nSPS) is 14.6. The zero-order valence-corrected chi connectivity index (χ0v) is 12.4. The molecule has 0 bridgehead atoms. The quantitative estimate of drug-likeness (QED) is 0.936. The number of hydrogen-bond donors (Lipinski definition) is 1. The molecule has 1 aliphatic heterocycles. The Morgan fingerprint density at radius 3 is 2.45 bits per heavy atom. The molecule has 5 heteroatoms. The van der Waals surface area contributed by atoms with Crippen molar-refractivity contribution >= 4 is 11.6 Å². The molecule has 114 valence electrons. The van der Waals surface area contributed by atoms with Gasteiger partial charge in [0.2, 0.25) is 0 Å². The third-order valence-electron chi connectivity index (χ3n) is 3.71. The van der Waals surface area contributed by atoms with Gasteiger partial charge >= 0.3 is 0 Å². The van der Waals surface area contributed by atoms with Gasteiger partial charge in [0.25, 0.3) is 5.91 Å². The number of benzene rings is 1. The van der Waals surface area contributed by atoms with Crippen molar-refractivity contribution in [1.82, 2.24) is 10.3 Å². The van der Waals surface area contributed by atoms with Crippen molar-refractivity contribution in [3.05, 3.63) is 59.9 Å². The summed E-state index contributed by atoms with van der Waals surface area (Å²) in [4.78, 5) is 18.4. The average Bonchev–Trinajstić information content (AvgIpc) is 2.61. The lowest BCUT2D eigenvalue weighted by molar-refractivity contribution is 0.0951. The van der Waals surface area contributed by atoms with Crippen LogP contribution in [0.4, 0.5) is 5.69 Å². The smallest absolute Gasteiger partial charge is 0.251 e. The summed E-state index contributed by atoms with van der Waals surface area (Å²) in [5.41, 5.74) is 2.84. The SMILES string of the molecule is O=C(NCc1ccncc1)c1ccc(N2CCOCC2)cc1. The van der Waals surface area contributed by atoms with Gasteiger partial charge in [-0.05, 0) is 42.0 Å².